The fourth-order valence-corrected chi connectivity index (χ4v) is 2.87. The van der Waals surface area contributed by atoms with Crippen molar-refractivity contribution in [2.45, 2.75) is 31.5 Å². The molecule has 1 saturated heterocycles. The molecule has 0 bridgehead atoms. The molecule has 0 radical (unpaired) electrons. The van der Waals surface area contributed by atoms with Gasteiger partial charge in [-0.05, 0) is 30.5 Å². The fourth-order valence-electron chi connectivity index (χ4n) is 2.87. The summed E-state index contributed by atoms with van der Waals surface area (Å²) in [6, 6.07) is 5.10. The van der Waals surface area contributed by atoms with E-state index in [-0.39, 0.29) is 18.4 Å². The first-order valence-corrected chi connectivity index (χ1v) is 7.73. The van der Waals surface area contributed by atoms with Crippen molar-refractivity contribution in [3.05, 3.63) is 47.8 Å². The highest BCUT2D eigenvalue weighted by Crippen LogP contribution is 2.29. The number of carbonyl (C=O) groups excluding carboxylic acids is 1. The van der Waals surface area contributed by atoms with E-state index in [1.165, 1.54) is 12.1 Å². The molecule has 2 aromatic rings. The van der Waals surface area contributed by atoms with E-state index in [4.69, 9.17) is 0 Å². The number of alkyl halides is 3. The van der Waals surface area contributed by atoms with Gasteiger partial charge in [0.05, 0.1) is 17.8 Å². The standard InChI is InChI=1S/C16H17F3N4O/c17-16(18,19)13-4-1-12(2-5-13)3-6-15(24)22-9-7-14(11-22)23-10-8-20-21-23/h1-2,4-5,8,10,14H,3,6-7,9,11H2/t14-/m1/s1. The second-order valence-corrected chi connectivity index (χ2v) is 5.86. The summed E-state index contributed by atoms with van der Waals surface area (Å²) in [4.78, 5) is 14.0. The molecule has 3 rings (SSSR count). The molecular weight excluding hydrogens is 321 g/mol. The minimum Gasteiger partial charge on any atom is -0.340 e. The molecule has 1 aromatic carbocycles. The molecule has 1 aromatic heterocycles. The monoisotopic (exact) mass is 338 g/mol. The van der Waals surface area contributed by atoms with E-state index in [2.05, 4.69) is 10.3 Å². The molecule has 0 unspecified atom stereocenters. The van der Waals surface area contributed by atoms with Crippen LogP contribution in [0.1, 0.15) is 30.0 Å². The third-order valence-electron chi connectivity index (χ3n) is 4.24. The molecule has 1 aliphatic heterocycles. The minimum absolute atomic E-state index is 0.0116. The number of amides is 1. The maximum atomic E-state index is 12.5. The van der Waals surface area contributed by atoms with Gasteiger partial charge in [0.1, 0.15) is 0 Å². The van der Waals surface area contributed by atoms with Crippen molar-refractivity contribution in [1.29, 1.82) is 0 Å². The van der Waals surface area contributed by atoms with Crippen LogP contribution in [0.3, 0.4) is 0 Å². The number of hydrogen-bond donors (Lipinski definition) is 0. The molecule has 0 N–H and O–H groups in total. The fraction of sp³-hybridized carbons (Fsp3) is 0.438. The van der Waals surface area contributed by atoms with E-state index in [0.717, 1.165) is 24.1 Å². The third kappa shape index (κ3) is 3.74. The van der Waals surface area contributed by atoms with Crippen molar-refractivity contribution in [3.63, 3.8) is 0 Å². The first kappa shape index (κ1) is 16.5. The zero-order valence-electron chi connectivity index (χ0n) is 12.9. The number of hydrogen-bond acceptors (Lipinski definition) is 3. The molecular formula is C16H17F3N4O. The predicted molar refractivity (Wildman–Crippen MR) is 80.0 cm³/mol. The Kier molecular flexibility index (Phi) is 4.55. The van der Waals surface area contributed by atoms with E-state index >= 15 is 0 Å². The number of nitrogens with zero attached hydrogens (tertiary/aromatic N) is 4. The molecule has 1 fully saturated rings. The lowest BCUT2D eigenvalue weighted by molar-refractivity contribution is -0.137. The molecule has 24 heavy (non-hydrogen) atoms. The summed E-state index contributed by atoms with van der Waals surface area (Å²) in [6.45, 7) is 1.26. The molecule has 1 atom stereocenters. The first-order valence-electron chi connectivity index (χ1n) is 7.73. The van der Waals surface area contributed by atoms with Crippen LogP contribution in [-0.2, 0) is 17.4 Å². The second-order valence-electron chi connectivity index (χ2n) is 5.86. The van der Waals surface area contributed by atoms with Gasteiger partial charge in [0.25, 0.3) is 0 Å². The maximum Gasteiger partial charge on any atom is 0.416 e. The number of likely N-dealkylation sites (tertiary alicyclic amines) is 1. The molecule has 1 amide bonds. The zero-order valence-corrected chi connectivity index (χ0v) is 12.9. The van der Waals surface area contributed by atoms with Crippen molar-refractivity contribution < 1.29 is 18.0 Å². The van der Waals surface area contributed by atoms with Crippen LogP contribution >= 0.6 is 0 Å². The molecule has 1 aliphatic rings. The van der Waals surface area contributed by atoms with Gasteiger partial charge in [0.2, 0.25) is 5.91 Å². The summed E-state index contributed by atoms with van der Waals surface area (Å²) in [5.41, 5.74) is 0.0520. The summed E-state index contributed by atoms with van der Waals surface area (Å²) >= 11 is 0. The van der Waals surface area contributed by atoms with Gasteiger partial charge >= 0.3 is 6.18 Å². The van der Waals surface area contributed by atoms with E-state index in [9.17, 15) is 18.0 Å². The highest BCUT2D eigenvalue weighted by Gasteiger charge is 2.30. The van der Waals surface area contributed by atoms with Gasteiger partial charge in [-0.1, -0.05) is 17.3 Å². The van der Waals surface area contributed by atoms with Gasteiger partial charge in [-0.25, -0.2) is 4.68 Å². The molecule has 5 nitrogen and oxygen atoms in total. The van der Waals surface area contributed by atoms with Crippen molar-refractivity contribution in [1.82, 2.24) is 19.9 Å². The minimum atomic E-state index is -4.33. The Morgan fingerprint density at radius 3 is 2.62 bits per heavy atom. The lowest BCUT2D eigenvalue weighted by atomic mass is 10.1. The Hall–Kier alpha value is -2.38. The Labute approximate surface area is 137 Å². The number of rotatable bonds is 4. The van der Waals surface area contributed by atoms with Crippen LogP contribution in [-0.4, -0.2) is 38.9 Å². The molecule has 128 valence electrons. The van der Waals surface area contributed by atoms with Gasteiger partial charge in [-0.15, -0.1) is 5.10 Å². The summed E-state index contributed by atoms with van der Waals surface area (Å²) in [5, 5.41) is 7.72. The van der Waals surface area contributed by atoms with Crippen LogP contribution in [0.15, 0.2) is 36.7 Å². The molecule has 2 heterocycles. The van der Waals surface area contributed by atoms with E-state index in [1.54, 1.807) is 22.0 Å². The normalized spacial score (nSPS) is 18.1. The van der Waals surface area contributed by atoms with E-state index < -0.39 is 11.7 Å². The number of benzene rings is 1. The molecule has 0 aliphatic carbocycles. The average Bonchev–Trinajstić information content (AvgIpc) is 3.22. The summed E-state index contributed by atoms with van der Waals surface area (Å²) in [6.07, 6.45) is 0.600. The number of aromatic nitrogens is 3. The van der Waals surface area contributed by atoms with Gasteiger partial charge in [0, 0.05) is 25.7 Å². The Morgan fingerprint density at radius 1 is 1.25 bits per heavy atom. The SMILES string of the molecule is O=C(CCc1ccc(C(F)(F)F)cc1)N1CC[C@@H](n2ccnn2)C1. The van der Waals surface area contributed by atoms with E-state index in [1.807, 2.05) is 0 Å². The second kappa shape index (κ2) is 6.62. The maximum absolute atomic E-state index is 12.5. The lowest BCUT2D eigenvalue weighted by Gasteiger charge is -2.16. The predicted octanol–water partition coefficient (Wildman–Crippen LogP) is 2.70. The van der Waals surface area contributed by atoms with Crippen LogP contribution in [0.5, 0.6) is 0 Å². The van der Waals surface area contributed by atoms with Gasteiger partial charge in [-0.3, -0.25) is 4.79 Å². The number of aryl methyl sites for hydroxylation is 1. The van der Waals surface area contributed by atoms with E-state index in [0.29, 0.717) is 19.5 Å². The van der Waals surface area contributed by atoms with Crippen molar-refractivity contribution >= 4 is 5.91 Å². The summed E-state index contributed by atoms with van der Waals surface area (Å²) < 4.78 is 39.3. The van der Waals surface area contributed by atoms with Crippen LogP contribution < -0.4 is 0 Å². The van der Waals surface area contributed by atoms with Gasteiger partial charge in [-0.2, -0.15) is 13.2 Å². The summed E-state index contributed by atoms with van der Waals surface area (Å²) in [5.74, 6) is 0.0116. The third-order valence-corrected chi connectivity index (χ3v) is 4.24. The number of halogens is 3. The zero-order chi connectivity index (χ0) is 17.2. The van der Waals surface area contributed by atoms with Gasteiger partial charge in [0.15, 0.2) is 0 Å². The smallest absolute Gasteiger partial charge is 0.340 e. The molecule has 8 heteroatoms. The van der Waals surface area contributed by atoms with Crippen LogP contribution in [0.4, 0.5) is 13.2 Å². The van der Waals surface area contributed by atoms with Crippen LogP contribution in [0, 0.1) is 0 Å². The van der Waals surface area contributed by atoms with Crippen LogP contribution in [0.25, 0.3) is 0 Å². The highest BCUT2D eigenvalue weighted by molar-refractivity contribution is 5.76. The number of carbonyl (C=O) groups is 1. The van der Waals surface area contributed by atoms with Crippen molar-refractivity contribution in [2.75, 3.05) is 13.1 Å². The average molecular weight is 338 g/mol. The molecule has 0 saturated carbocycles. The van der Waals surface area contributed by atoms with Crippen LogP contribution in [0.2, 0.25) is 0 Å². The van der Waals surface area contributed by atoms with Crippen molar-refractivity contribution in [3.8, 4) is 0 Å². The Bertz CT molecular complexity index is 682. The summed E-state index contributed by atoms with van der Waals surface area (Å²) in [7, 11) is 0. The molecule has 0 spiro atoms. The quantitative estimate of drug-likeness (QED) is 0.861. The highest BCUT2D eigenvalue weighted by atomic mass is 19.4. The first-order chi connectivity index (χ1) is 11.4. The van der Waals surface area contributed by atoms with Gasteiger partial charge < -0.3 is 4.90 Å². The Balaban J connectivity index is 1.51. The Morgan fingerprint density at radius 2 is 2.00 bits per heavy atom. The largest absolute Gasteiger partial charge is 0.416 e. The lowest BCUT2D eigenvalue weighted by Crippen LogP contribution is -2.29. The van der Waals surface area contributed by atoms with Crippen molar-refractivity contribution in [2.24, 2.45) is 0 Å². The topological polar surface area (TPSA) is 51.0 Å².